The van der Waals surface area contributed by atoms with Crippen LogP contribution in [0.25, 0.3) is 49.2 Å². The Morgan fingerprint density at radius 1 is 0.548 bits per heavy atom. The predicted molar refractivity (Wildman–Crippen MR) is 123 cm³/mol. The summed E-state index contributed by atoms with van der Waals surface area (Å²) in [6, 6.07) is 23.9. The fourth-order valence-electron chi connectivity index (χ4n) is 5.17. The number of aromatic nitrogens is 1. The van der Waals surface area contributed by atoms with Crippen molar-refractivity contribution in [3.8, 4) is 11.1 Å². The van der Waals surface area contributed by atoms with E-state index in [-0.39, 0.29) is 16.6 Å². The van der Waals surface area contributed by atoms with Crippen molar-refractivity contribution in [3.05, 3.63) is 110 Å². The average Bonchev–Trinajstić information content (AvgIpc) is 3.10. The zero-order chi connectivity index (χ0) is 20.9. The van der Waals surface area contributed by atoms with E-state index in [0.29, 0.717) is 43.8 Å². The smallest absolute Gasteiger partial charge is 0.197 e. The lowest BCUT2D eigenvalue weighted by molar-refractivity contribution is 0.104. The summed E-state index contributed by atoms with van der Waals surface area (Å²) in [7, 11) is 0. The molecule has 6 aromatic rings. The summed E-state index contributed by atoms with van der Waals surface area (Å²) in [6.07, 6.45) is 0. The van der Waals surface area contributed by atoms with Gasteiger partial charge < -0.3 is 4.40 Å². The van der Waals surface area contributed by atoms with Gasteiger partial charge in [-0.1, -0.05) is 48.5 Å². The number of rotatable bonds is 0. The number of ketones is 1. The summed E-state index contributed by atoms with van der Waals surface area (Å²) in [5.74, 6) is -0.144. The monoisotopic (exact) mass is 399 g/mol. The predicted octanol–water partition coefficient (Wildman–Crippen LogP) is 4.77. The van der Waals surface area contributed by atoms with Crippen LogP contribution >= 0.6 is 0 Å². The van der Waals surface area contributed by atoms with Gasteiger partial charge in [0.25, 0.3) is 0 Å². The first-order chi connectivity index (χ1) is 15.2. The number of nitrogens with zero attached hydrogens (tertiary/aromatic N) is 1. The molecule has 0 atom stereocenters. The molecule has 2 aromatic heterocycles. The zero-order valence-electron chi connectivity index (χ0n) is 16.2. The molecule has 7 rings (SSSR count). The molecule has 0 bridgehead atoms. The van der Waals surface area contributed by atoms with Gasteiger partial charge in [-0.05, 0) is 35.9 Å². The van der Waals surface area contributed by atoms with E-state index >= 15 is 0 Å². The number of para-hydroxylation sites is 2. The molecule has 0 radical (unpaired) electrons. The minimum Gasteiger partial charge on any atom is -0.307 e. The molecule has 0 spiro atoms. The molecule has 4 aromatic carbocycles. The lowest BCUT2D eigenvalue weighted by Gasteiger charge is -2.16. The molecule has 0 N–H and O–H groups in total. The normalized spacial score (nSPS) is 12.8. The van der Waals surface area contributed by atoms with Gasteiger partial charge >= 0.3 is 0 Å². The Hall–Kier alpha value is -4.31. The van der Waals surface area contributed by atoms with Crippen LogP contribution < -0.4 is 10.9 Å². The number of fused-ring (bicyclic) bond motifs is 8. The van der Waals surface area contributed by atoms with Crippen molar-refractivity contribution in [2.75, 3.05) is 0 Å². The van der Waals surface area contributed by atoms with E-state index in [1.54, 1.807) is 24.3 Å². The first kappa shape index (κ1) is 16.5. The Bertz CT molecular complexity index is 1880. The Labute approximate surface area is 174 Å². The fraction of sp³-hybridized carbons (Fsp3) is 0. The summed E-state index contributed by atoms with van der Waals surface area (Å²) in [6.45, 7) is 0. The van der Waals surface area contributed by atoms with E-state index < -0.39 is 0 Å². The molecule has 0 aliphatic heterocycles. The number of benzene rings is 4. The largest absolute Gasteiger partial charge is 0.307 e. The maximum absolute atomic E-state index is 13.8. The number of carbonyl (C=O) groups is 1. The molecule has 0 saturated heterocycles. The van der Waals surface area contributed by atoms with E-state index in [1.807, 2.05) is 59.0 Å². The molecule has 0 amide bonds. The van der Waals surface area contributed by atoms with Gasteiger partial charge in [0, 0.05) is 32.8 Å². The summed E-state index contributed by atoms with van der Waals surface area (Å²) in [5, 5.41) is 1.96. The first-order valence-corrected chi connectivity index (χ1v) is 10.1. The van der Waals surface area contributed by atoms with Crippen molar-refractivity contribution in [1.29, 1.82) is 0 Å². The van der Waals surface area contributed by atoms with Crippen LogP contribution in [-0.4, -0.2) is 10.2 Å². The van der Waals surface area contributed by atoms with E-state index in [4.69, 9.17) is 0 Å². The summed E-state index contributed by atoms with van der Waals surface area (Å²) in [5.41, 5.74) is 4.14. The van der Waals surface area contributed by atoms with Crippen LogP contribution in [0, 0.1) is 0 Å². The minimum atomic E-state index is -0.165. The van der Waals surface area contributed by atoms with Gasteiger partial charge in [-0.2, -0.15) is 0 Å². The standard InChI is InChI=1S/C27H13NO3/c29-25-15-8-2-1-7-14(15)22-18(25)13-19-24-23(22)27(31)17-10-4-6-12-21(17)28(24)20-11-5-3-9-16(20)26(19)30/h1-13H. The molecule has 144 valence electrons. The number of hydrogen-bond donors (Lipinski definition) is 0. The van der Waals surface area contributed by atoms with E-state index in [2.05, 4.69) is 0 Å². The topological polar surface area (TPSA) is 55.6 Å². The third kappa shape index (κ3) is 1.83. The number of pyridine rings is 2. The molecule has 0 unspecified atom stereocenters. The van der Waals surface area contributed by atoms with Crippen LogP contribution in [0.5, 0.6) is 0 Å². The third-order valence-corrected chi connectivity index (χ3v) is 6.46. The second-order valence-electron chi connectivity index (χ2n) is 7.97. The Balaban J connectivity index is 1.93. The SMILES string of the molecule is O=C1c2ccccc2-c2c1cc1c(=O)c3ccccc3n3c4ccccc4c(=O)c2c13. The van der Waals surface area contributed by atoms with Gasteiger partial charge in [0.1, 0.15) is 0 Å². The lowest BCUT2D eigenvalue weighted by Crippen LogP contribution is -2.15. The molecule has 31 heavy (non-hydrogen) atoms. The van der Waals surface area contributed by atoms with Gasteiger partial charge in [-0.15, -0.1) is 0 Å². The molecular weight excluding hydrogens is 386 g/mol. The zero-order valence-corrected chi connectivity index (χ0v) is 16.2. The highest BCUT2D eigenvalue weighted by molar-refractivity contribution is 6.28. The van der Waals surface area contributed by atoms with Crippen LogP contribution in [0.1, 0.15) is 15.9 Å². The second-order valence-corrected chi connectivity index (χ2v) is 7.97. The van der Waals surface area contributed by atoms with Gasteiger partial charge in [-0.25, -0.2) is 0 Å². The first-order valence-electron chi connectivity index (χ1n) is 10.1. The quantitative estimate of drug-likeness (QED) is 0.273. The summed E-state index contributed by atoms with van der Waals surface area (Å²) < 4.78 is 2.00. The Morgan fingerprint density at radius 3 is 1.84 bits per heavy atom. The van der Waals surface area contributed by atoms with Crippen molar-refractivity contribution in [2.24, 2.45) is 0 Å². The van der Waals surface area contributed by atoms with Crippen molar-refractivity contribution in [3.63, 3.8) is 0 Å². The molecular formula is C27H13NO3. The molecule has 0 fully saturated rings. The molecule has 4 heteroatoms. The average molecular weight is 399 g/mol. The van der Waals surface area contributed by atoms with Gasteiger partial charge in [0.05, 0.1) is 21.9 Å². The Kier molecular flexibility index (Phi) is 2.89. The fourth-order valence-corrected chi connectivity index (χ4v) is 5.17. The molecule has 2 heterocycles. The number of hydrogen-bond acceptors (Lipinski definition) is 3. The van der Waals surface area contributed by atoms with Crippen LogP contribution in [0.3, 0.4) is 0 Å². The second kappa shape index (κ2) is 5.43. The summed E-state index contributed by atoms with van der Waals surface area (Å²) >= 11 is 0. The van der Waals surface area contributed by atoms with E-state index in [1.165, 1.54) is 0 Å². The van der Waals surface area contributed by atoms with Crippen molar-refractivity contribution in [1.82, 2.24) is 4.40 Å². The van der Waals surface area contributed by atoms with E-state index in [9.17, 15) is 14.4 Å². The van der Waals surface area contributed by atoms with Gasteiger partial charge in [0.15, 0.2) is 16.6 Å². The minimum absolute atomic E-state index is 0.144. The highest BCUT2D eigenvalue weighted by atomic mass is 16.1. The van der Waals surface area contributed by atoms with Crippen LogP contribution in [0.4, 0.5) is 0 Å². The van der Waals surface area contributed by atoms with E-state index in [0.717, 1.165) is 16.6 Å². The molecule has 1 aliphatic carbocycles. The van der Waals surface area contributed by atoms with Crippen LogP contribution in [-0.2, 0) is 0 Å². The molecule has 0 saturated carbocycles. The van der Waals surface area contributed by atoms with Gasteiger partial charge in [-0.3, -0.25) is 14.4 Å². The van der Waals surface area contributed by atoms with Gasteiger partial charge in [0.2, 0.25) is 0 Å². The Morgan fingerprint density at radius 2 is 1.13 bits per heavy atom. The van der Waals surface area contributed by atoms with Crippen molar-refractivity contribution < 1.29 is 4.79 Å². The maximum Gasteiger partial charge on any atom is 0.197 e. The third-order valence-electron chi connectivity index (χ3n) is 6.46. The van der Waals surface area contributed by atoms with Crippen molar-refractivity contribution >= 4 is 43.9 Å². The highest BCUT2D eigenvalue weighted by Gasteiger charge is 2.32. The number of carbonyl (C=O) groups excluding carboxylic acids is 1. The highest BCUT2D eigenvalue weighted by Crippen LogP contribution is 2.42. The maximum atomic E-state index is 13.8. The van der Waals surface area contributed by atoms with Crippen LogP contribution in [0.2, 0.25) is 0 Å². The van der Waals surface area contributed by atoms with Crippen LogP contribution in [0.15, 0.2) is 88.5 Å². The molecule has 4 nitrogen and oxygen atoms in total. The lowest BCUT2D eigenvalue weighted by atomic mass is 9.94. The molecule has 1 aliphatic rings. The summed E-state index contributed by atoms with van der Waals surface area (Å²) in [4.78, 5) is 40.5. The van der Waals surface area contributed by atoms with Crippen molar-refractivity contribution in [2.45, 2.75) is 0 Å².